The van der Waals surface area contributed by atoms with E-state index in [-0.39, 0.29) is 48.9 Å². The van der Waals surface area contributed by atoms with Crippen LogP contribution >= 0.6 is 11.6 Å². The highest BCUT2D eigenvalue weighted by atomic mass is 35.5. The summed E-state index contributed by atoms with van der Waals surface area (Å²) in [5.74, 6) is -0.567. The molecule has 1 aliphatic rings. The molecule has 1 atom stereocenters. The van der Waals surface area contributed by atoms with E-state index in [9.17, 15) is 18.0 Å². The van der Waals surface area contributed by atoms with Gasteiger partial charge in [-0.1, -0.05) is 35.9 Å². The Morgan fingerprint density at radius 3 is 2.29 bits per heavy atom. The van der Waals surface area contributed by atoms with E-state index in [1.807, 2.05) is 0 Å². The van der Waals surface area contributed by atoms with Crippen LogP contribution in [0.1, 0.15) is 37.3 Å². The molecule has 3 rings (SSSR count). The van der Waals surface area contributed by atoms with Crippen molar-refractivity contribution in [1.82, 2.24) is 14.9 Å². The average Bonchev–Trinajstić information content (AvgIpc) is 3.63. The number of rotatable bonds is 12. The van der Waals surface area contributed by atoms with Crippen molar-refractivity contribution < 1.29 is 23.1 Å². The summed E-state index contributed by atoms with van der Waals surface area (Å²) in [4.78, 5) is 27.3. The smallest absolute Gasteiger partial charge is 0.242 e. The largest absolute Gasteiger partial charge is 0.395 e. The number of carbonyl (C=O) groups excluding carboxylic acids is 2. The molecule has 0 spiro atoms. The monoisotopic (exact) mass is 507 g/mol. The molecule has 0 heterocycles. The van der Waals surface area contributed by atoms with Gasteiger partial charge in [0, 0.05) is 30.6 Å². The SMILES string of the molecule is C[C@@H](C(=O)NCCO)N(Cc1ccc(Cl)cc1)C(=O)CCc1ccc(S(=O)(=O)NC2CC2)cc1. The number of sulfonamides is 1. The predicted octanol–water partition coefficient (Wildman–Crippen LogP) is 2.24. The fourth-order valence-electron chi connectivity index (χ4n) is 3.41. The molecule has 3 N–H and O–H groups in total. The van der Waals surface area contributed by atoms with Gasteiger partial charge in [-0.05, 0) is 61.6 Å². The van der Waals surface area contributed by atoms with E-state index in [2.05, 4.69) is 10.0 Å². The number of nitrogens with one attached hydrogen (secondary N) is 2. The number of carbonyl (C=O) groups is 2. The molecular formula is C24H30ClN3O5S. The summed E-state index contributed by atoms with van der Waals surface area (Å²) in [6.07, 6.45) is 2.28. The van der Waals surface area contributed by atoms with Crippen LogP contribution in [0.25, 0.3) is 0 Å². The van der Waals surface area contributed by atoms with Crippen LogP contribution in [0, 0.1) is 0 Å². The van der Waals surface area contributed by atoms with Crippen molar-refractivity contribution in [2.24, 2.45) is 0 Å². The Labute approximate surface area is 205 Å². The van der Waals surface area contributed by atoms with Gasteiger partial charge in [-0.3, -0.25) is 9.59 Å². The lowest BCUT2D eigenvalue weighted by Crippen LogP contribution is -2.48. The van der Waals surface area contributed by atoms with E-state index in [0.717, 1.165) is 24.0 Å². The molecule has 0 bridgehead atoms. The summed E-state index contributed by atoms with van der Waals surface area (Å²) in [5, 5.41) is 12.2. The second kappa shape index (κ2) is 11.8. The molecule has 1 aliphatic carbocycles. The number of aliphatic hydroxyl groups is 1. The first-order valence-electron chi connectivity index (χ1n) is 11.2. The number of hydrogen-bond donors (Lipinski definition) is 3. The Morgan fingerprint density at radius 2 is 1.71 bits per heavy atom. The minimum absolute atomic E-state index is 0.0329. The second-order valence-electron chi connectivity index (χ2n) is 8.38. The van der Waals surface area contributed by atoms with Crippen LogP contribution in [-0.4, -0.2) is 55.5 Å². The summed E-state index contributed by atoms with van der Waals surface area (Å²) in [5.41, 5.74) is 1.65. The number of nitrogens with zero attached hydrogens (tertiary/aromatic N) is 1. The van der Waals surface area contributed by atoms with Crippen LogP contribution < -0.4 is 10.0 Å². The lowest BCUT2D eigenvalue weighted by atomic mass is 10.1. The quantitative estimate of drug-likeness (QED) is 0.407. The molecule has 0 aromatic heterocycles. The maximum atomic E-state index is 13.1. The van der Waals surface area contributed by atoms with Gasteiger partial charge in [0.2, 0.25) is 21.8 Å². The fraction of sp³-hybridized carbons (Fsp3) is 0.417. The van der Waals surface area contributed by atoms with E-state index in [1.54, 1.807) is 55.5 Å². The van der Waals surface area contributed by atoms with Crippen LogP contribution in [0.2, 0.25) is 5.02 Å². The Morgan fingerprint density at radius 1 is 1.09 bits per heavy atom. The fourth-order valence-corrected chi connectivity index (χ4v) is 4.85. The van der Waals surface area contributed by atoms with E-state index in [1.165, 1.54) is 4.90 Å². The highest BCUT2D eigenvalue weighted by molar-refractivity contribution is 7.89. The zero-order valence-electron chi connectivity index (χ0n) is 19.0. The summed E-state index contributed by atoms with van der Waals surface area (Å²) in [6.45, 7) is 1.79. The Kier molecular flexibility index (Phi) is 9.07. The second-order valence-corrected chi connectivity index (χ2v) is 10.5. The summed E-state index contributed by atoms with van der Waals surface area (Å²) >= 11 is 5.96. The van der Waals surface area contributed by atoms with Gasteiger partial charge >= 0.3 is 0 Å². The molecule has 2 amide bonds. The summed E-state index contributed by atoms with van der Waals surface area (Å²) < 4.78 is 27.3. The molecular weight excluding hydrogens is 478 g/mol. The predicted molar refractivity (Wildman–Crippen MR) is 130 cm³/mol. The number of amides is 2. The number of benzene rings is 2. The summed E-state index contributed by atoms with van der Waals surface area (Å²) in [6, 6.07) is 12.8. The highest BCUT2D eigenvalue weighted by Gasteiger charge is 2.28. The summed E-state index contributed by atoms with van der Waals surface area (Å²) in [7, 11) is -3.52. The zero-order chi connectivity index (χ0) is 24.7. The third-order valence-electron chi connectivity index (χ3n) is 5.60. The van der Waals surface area contributed by atoms with E-state index in [0.29, 0.717) is 11.4 Å². The Bertz CT molecular complexity index is 1090. The van der Waals surface area contributed by atoms with Gasteiger partial charge in [0.1, 0.15) is 6.04 Å². The van der Waals surface area contributed by atoms with Crippen molar-refractivity contribution >= 4 is 33.4 Å². The van der Waals surface area contributed by atoms with Crippen LogP contribution in [0.15, 0.2) is 53.4 Å². The van der Waals surface area contributed by atoms with Gasteiger partial charge in [0.15, 0.2) is 0 Å². The molecule has 0 saturated heterocycles. The lowest BCUT2D eigenvalue weighted by molar-refractivity contribution is -0.140. The molecule has 0 unspecified atom stereocenters. The molecule has 0 radical (unpaired) electrons. The van der Waals surface area contributed by atoms with Crippen LogP contribution in [0.4, 0.5) is 0 Å². The standard InChI is InChI=1S/C24H30ClN3O5S/c1-17(24(31)26-14-15-29)28(16-19-2-7-20(25)8-3-19)23(30)13-6-18-4-11-22(12-5-18)34(32,33)27-21-9-10-21/h2-5,7-8,11-12,17,21,27,29H,6,9-10,13-16H2,1H3,(H,26,31)/t17-/m0/s1. The first-order valence-corrected chi connectivity index (χ1v) is 13.1. The molecule has 8 nitrogen and oxygen atoms in total. The number of aliphatic hydroxyl groups excluding tert-OH is 1. The molecule has 10 heteroatoms. The Balaban J connectivity index is 1.66. The number of hydrogen-bond acceptors (Lipinski definition) is 5. The van der Waals surface area contributed by atoms with Gasteiger partial charge in [-0.2, -0.15) is 0 Å². The first-order chi connectivity index (χ1) is 16.2. The lowest BCUT2D eigenvalue weighted by Gasteiger charge is -2.29. The molecule has 34 heavy (non-hydrogen) atoms. The minimum Gasteiger partial charge on any atom is -0.395 e. The van der Waals surface area contributed by atoms with Gasteiger partial charge in [0.05, 0.1) is 11.5 Å². The van der Waals surface area contributed by atoms with Crippen LogP contribution in [-0.2, 0) is 32.6 Å². The molecule has 1 fully saturated rings. The zero-order valence-corrected chi connectivity index (χ0v) is 20.6. The maximum Gasteiger partial charge on any atom is 0.242 e. The molecule has 1 saturated carbocycles. The molecule has 2 aromatic carbocycles. The van der Waals surface area contributed by atoms with Crippen molar-refractivity contribution in [3.05, 3.63) is 64.7 Å². The van der Waals surface area contributed by atoms with E-state index < -0.39 is 16.1 Å². The van der Waals surface area contributed by atoms with Gasteiger partial charge in [-0.25, -0.2) is 13.1 Å². The Hall–Kier alpha value is -2.46. The third kappa shape index (κ3) is 7.53. The normalized spacial score (nSPS) is 14.4. The van der Waals surface area contributed by atoms with Crippen molar-refractivity contribution in [3.8, 4) is 0 Å². The molecule has 184 valence electrons. The van der Waals surface area contributed by atoms with Gasteiger partial charge in [0.25, 0.3) is 0 Å². The van der Waals surface area contributed by atoms with E-state index in [4.69, 9.17) is 16.7 Å². The average molecular weight is 508 g/mol. The number of aryl methyl sites for hydroxylation is 1. The van der Waals surface area contributed by atoms with Crippen LogP contribution in [0.3, 0.4) is 0 Å². The maximum absolute atomic E-state index is 13.1. The van der Waals surface area contributed by atoms with Crippen LogP contribution in [0.5, 0.6) is 0 Å². The minimum atomic E-state index is -3.52. The molecule has 2 aromatic rings. The molecule has 0 aliphatic heterocycles. The number of halogens is 1. The van der Waals surface area contributed by atoms with Crippen molar-refractivity contribution in [1.29, 1.82) is 0 Å². The topological polar surface area (TPSA) is 116 Å². The van der Waals surface area contributed by atoms with Gasteiger partial charge < -0.3 is 15.3 Å². The van der Waals surface area contributed by atoms with E-state index >= 15 is 0 Å². The first kappa shape index (κ1) is 26.2. The van der Waals surface area contributed by atoms with Crippen molar-refractivity contribution in [3.63, 3.8) is 0 Å². The third-order valence-corrected chi connectivity index (χ3v) is 7.39. The van der Waals surface area contributed by atoms with Crippen molar-refractivity contribution in [2.75, 3.05) is 13.2 Å². The van der Waals surface area contributed by atoms with Gasteiger partial charge in [-0.15, -0.1) is 0 Å². The van der Waals surface area contributed by atoms with Crippen molar-refractivity contribution in [2.45, 2.75) is 56.1 Å². The highest BCUT2D eigenvalue weighted by Crippen LogP contribution is 2.22.